The number of rotatable bonds is 3. The lowest BCUT2D eigenvalue weighted by Crippen LogP contribution is -2.08. The fourth-order valence-electron chi connectivity index (χ4n) is 2.03. The van der Waals surface area contributed by atoms with Crippen molar-refractivity contribution in [2.24, 2.45) is 0 Å². The van der Waals surface area contributed by atoms with E-state index in [-0.39, 0.29) is 0 Å². The van der Waals surface area contributed by atoms with Crippen LogP contribution >= 0.6 is 34.4 Å². The molecule has 1 aromatic carbocycles. The highest BCUT2D eigenvalue weighted by Crippen LogP contribution is 2.30. The second kappa shape index (κ2) is 6.14. The lowest BCUT2D eigenvalue weighted by atomic mass is 10.0. The Hall–Kier alpha value is 0.300. The van der Waals surface area contributed by atoms with Crippen molar-refractivity contribution in [3.63, 3.8) is 0 Å². The van der Waals surface area contributed by atoms with Crippen molar-refractivity contribution in [1.29, 1.82) is 0 Å². The zero-order valence-corrected chi connectivity index (χ0v) is 11.9. The molecule has 2 heteroatoms. The molecule has 0 bridgehead atoms. The normalized spacial score (nSPS) is 17.9. The summed E-state index contributed by atoms with van der Waals surface area (Å²) in [6.07, 6.45) is 7.24. The van der Waals surface area contributed by atoms with Gasteiger partial charge in [-0.05, 0) is 53.1 Å². The molecule has 0 spiro atoms. The topological polar surface area (TPSA) is 0 Å². The second-order valence-electron chi connectivity index (χ2n) is 4.20. The summed E-state index contributed by atoms with van der Waals surface area (Å²) in [4.78, 5) is 0. The third-order valence-corrected chi connectivity index (χ3v) is 5.11. The van der Waals surface area contributed by atoms with E-state index < -0.39 is 0 Å². The molecule has 0 unspecified atom stereocenters. The molecule has 1 fully saturated rings. The van der Waals surface area contributed by atoms with Crippen LogP contribution in [0.3, 0.4) is 0 Å². The highest BCUT2D eigenvalue weighted by molar-refractivity contribution is 14.1. The summed E-state index contributed by atoms with van der Waals surface area (Å²) in [6, 6.07) is 8.93. The lowest BCUT2D eigenvalue weighted by molar-refractivity contribution is 0.516. The lowest BCUT2D eigenvalue weighted by Gasteiger charge is -2.20. The Kier molecular flexibility index (Phi) is 4.82. The predicted octanol–water partition coefficient (Wildman–Crippen LogP) is 4.86. The van der Waals surface area contributed by atoms with E-state index in [1.165, 1.54) is 47.0 Å². The molecule has 0 heterocycles. The van der Waals surface area contributed by atoms with E-state index in [0.29, 0.717) is 0 Å². The van der Waals surface area contributed by atoms with Crippen molar-refractivity contribution in [2.45, 2.75) is 43.1 Å². The van der Waals surface area contributed by atoms with Crippen LogP contribution < -0.4 is 0 Å². The van der Waals surface area contributed by atoms with Crippen molar-refractivity contribution < 1.29 is 0 Å². The summed E-state index contributed by atoms with van der Waals surface area (Å²) in [5.41, 5.74) is 1.48. The van der Waals surface area contributed by atoms with Crippen LogP contribution in [0.15, 0.2) is 24.3 Å². The van der Waals surface area contributed by atoms with Crippen LogP contribution in [0.5, 0.6) is 0 Å². The fourth-order valence-corrected chi connectivity index (χ4v) is 3.67. The Morgan fingerprint density at radius 2 is 1.73 bits per heavy atom. The van der Waals surface area contributed by atoms with Crippen molar-refractivity contribution in [1.82, 2.24) is 0 Å². The Labute approximate surface area is 110 Å². The summed E-state index contributed by atoms with van der Waals surface area (Å²) in [6.45, 7) is 0. The van der Waals surface area contributed by atoms with Gasteiger partial charge in [0.1, 0.15) is 0 Å². The average Bonchev–Trinajstić information content (AvgIpc) is 2.30. The third-order valence-electron chi connectivity index (χ3n) is 2.95. The minimum Gasteiger partial charge on any atom is -0.154 e. The van der Waals surface area contributed by atoms with E-state index in [0.717, 1.165) is 5.25 Å². The average molecular weight is 332 g/mol. The van der Waals surface area contributed by atoms with Gasteiger partial charge in [0.05, 0.1) is 0 Å². The van der Waals surface area contributed by atoms with Gasteiger partial charge in [0.15, 0.2) is 0 Å². The molecule has 1 saturated carbocycles. The number of halogens is 1. The highest BCUT2D eigenvalue weighted by Gasteiger charge is 2.13. The monoisotopic (exact) mass is 332 g/mol. The Morgan fingerprint density at radius 3 is 2.40 bits per heavy atom. The Balaban J connectivity index is 1.79. The first kappa shape index (κ1) is 11.8. The van der Waals surface area contributed by atoms with Gasteiger partial charge in [0, 0.05) is 14.6 Å². The van der Waals surface area contributed by atoms with E-state index in [9.17, 15) is 0 Å². The van der Waals surface area contributed by atoms with E-state index in [1.807, 2.05) is 0 Å². The molecule has 82 valence electrons. The number of hydrogen-bond donors (Lipinski definition) is 0. The van der Waals surface area contributed by atoms with Gasteiger partial charge < -0.3 is 0 Å². The molecule has 0 amide bonds. The SMILES string of the molecule is Ic1ccc(CSC2CCCCC2)cc1. The first-order valence-corrected chi connectivity index (χ1v) is 7.83. The smallest absolute Gasteiger partial charge is 0.0187 e. The Morgan fingerprint density at radius 1 is 1.07 bits per heavy atom. The minimum atomic E-state index is 0.929. The highest BCUT2D eigenvalue weighted by atomic mass is 127. The van der Waals surface area contributed by atoms with Crippen LogP contribution in [0.25, 0.3) is 0 Å². The standard InChI is InChI=1S/C13H17IS/c14-12-8-6-11(7-9-12)10-15-13-4-2-1-3-5-13/h6-9,13H,1-5,10H2. The van der Waals surface area contributed by atoms with Gasteiger partial charge in [0.25, 0.3) is 0 Å². The maximum Gasteiger partial charge on any atom is 0.0187 e. The zero-order chi connectivity index (χ0) is 10.5. The van der Waals surface area contributed by atoms with Crippen LogP contribution in [0.4, 0.5) is 0 Å². The maximum atomic E-state index is 2.36. The molecule has 0 nitrogen and oxygen atoms in total. The molecular weight excluding hydrogens is 315 g/mol. The zero-order valence-electron chi connectivity index (χ0n) is 8.92. The molecule has 0 aliphatic heterocycles. The van der Waals surface area contributed by atoms with Gasteiger partial charge in [-0.3, -0.25) is 0 Å². The third kappa shape index (κ3) is 3.99. The summed E-state index contributed by atoms with van der Waals surface area (Å²) in [7, 11) is 0. The van der Waals surface area contributed by atoms with Gasteiger partial charge in [-0.2, -0.15) is 11.8 Å². The van der Waals surface area contributed by atoms with E-state index in [4.69, 9.17) is 0 Å². The van der Waals surface area contributed by atoms with E-state index in [1.54, 1.807) is 0 Å². The molecule has 1 aromatic rings. The van der Waals surface area contributed by atoms with Crippen molar-refractivity contribution in [3.8, 4) is 0 Å². The van der Waals surface area contributed by atoms with Crippen LogP contribution in [0, 0.1) is 3.57 Å². The second-order valence-corrected chi connectivity index (χ2v) is 6.73. The van der Waals surface area contributed by atoms with Gasteiger partial charge in [0.2, 0.25) is 0 Å². The van der Waals surface area contributed by atoms with Crippen molar-refractivity contribution in [3.05, 3.63) is 33.4 Å². The molecule has 1 aliphatic carbocycles. The molecule has 1 aliphatic rings. The molecule has 2 rings (SSSR count). The molecule has 0 aromatic heterocycles. The van der Waals surface area contributed by atoms with Crippen LogP contribution in [-0.4, -0.2) is 5.25 Å². The van der Waals surface area contributed by atoms with Crippen LogP contribution in [0.1, 0.15) is 37.7 Å². The molecule has 15 heavy (non-hydrogen) atoms. The summed E-state index contributed by atoms with van der Waals surface area (Å²) in [5, 5.41) is 0.929. The first-order chi connectivity index (χ1) is 7.34. The Bertz CT molecular complexity index is 288. The maximum absolute atomic E-state index is 2.36. The largest absolute Gasteiger partial charge is 0.154 e. The predicted molar refractivity (Wildman–Crippen MR) is 77.3 cm³/mol. The van der Waals surface area contributed by atoms with Gasteiger partial charge >= 0.3 is 0 Å². The quantitative estimate of drug-likeness (QED) is 0.713. The number of benzene rings is 1. The summed E-state index contributed by atoms with van der Waals surface area (Å²) in [5.74, 6) is 1.20. The van der Waals surface area contributed by atoms with Crippen molar-refractivity contribution >= 4 is 34.4 Å². The number of thioether (sulfide) groups is 1. The number of hydrogen-bond acceptors (Lipinski definition) is 1. The summed E-state index contributed by atoms with van der Waals surface area (Å²) >= 11 is 4.52. The molecule has 0 atom stereocenters. The van der Waals surface area contributed by atoms with Crippen LogP contribution in [0.2, 0.25) is 0 Å². The molecule has 0 radical (unpaired) electrons. The molecular formula is C13H17IS. The van der Waals surface area contributed by atoms with Gasteiger partial charge in [-0.25, -0.2) is 0 Å². The van der Waals surface area contributed by atoms with E-state index >= 15 is 0 Å². The van der Waals surface area contributed by atoms with Crippen LogP contribution in [-0.2, 0) is 5.75 Å². The fraction of sp³-hybridized carbons (Fsp3) is 0.538. The van der Waals surface area contributed by atoms with Crippen molar-refractivity contribution in [2.75, 3.05) is 0 Å². The van der Waals surface area contributed by atoms with Gasteiger partial charge in [-0.1, -0.05) is 31.4 Å². The van der Waals surface area contributed by atoms with E-state index in [2.05, 4.69) is 58.6 Å². The molecule has 0 saturated heterocycles. The summed E-state index contributed by atoms with van der Waals surface area (Å²) < 4.78 is 1.33. The first-order valence-electron chi connectivity index (χ1n) is 5.70. The minimum absolute atomic E-state index is 0.929. The van der Waals surface area contributed by atoms with Gasteiger partial charge in [-0.15, -0.1) is 0 Å². The molecule has 0 N–H and O–H groups in total.